The quantitative estimate of drug-likeness (QED) is 0.564. The van der Waals surface area contributed by atoms with Crippen LogP contribution >= 0.6 is 0 Å². The van der Waals surface area contributed by atoms with Crippen molar-refractivity contribution in [2.75, 3.05) is 31.1 Å². The van der Waals surface area contributed by atoms with Crippen LogP contribution in [0.25, 0.3) is 0 Å². The molecule has 1 fully saturated rings. The maximum Gasteiger partial charge on any atom is 0.326 e. The van der Waals surface area contributed by atoms with E-state index in [4.69, 9.17) is 0 Å². The summed E-state index contributed by atoms with van der Waals surface area (Å²) < 4.78 is 13.0. The number of nitrogens with one attached hydrogen (secondary N) is 3. The number of hydrogen-bond donors (Lipinski definition) is 3. The second-order valence-electron chi connectivity index (χ2n) is 5.94. The maximum absolute atomic E-state index is 13.0. The van der Waals surface area contributed by atoms with Gasteiger partial charge in [-0.15, -0.1) is 0 Å². The Balaban J connectivity index is 1.71. The highest BCUT2D eigenvalue weighted by Crippen LogP contribution is 2.14. The number of nitrogens with zero attached hydrogens (tertiary/aromatic N) is 1. The van der Waals surface area contributed by atoms with Crippen molar-refractivity contribution in [2.45, 2.75) is 6.54 Å². The molecular weight excluding hydrogens is 331 g/mol. The summed E-state index contributed by atoms with van der Waals surface area (Å²) in [5.41, 5.74) is -1.13. The lowest BCUT2D eigenvalue weighted by atomic mass is 10.2. The average Bonchev–Trinajstić information content (AvgIpc) is 2.58. The van der Waals surface area contributed by atoms with E-state index < -0.39 is 22.9 Å². The number of H-pyrrole nitrogens is 2. The topological polar surface area (TPSA) is 114 Å². The van der Waals surface area contributed by atoms with Crippen LogP contribution in [-0.2, 0) is 6.54 Å². The molecule has 1 aliphatic heterocycles. The second-order valence-corrected chi connectivity index (χ2v) is 5.94. The highest BCUT2D eigenvalue weighted by atomic mass is 19.1. The molecule has 0 spiro atoms. The van der Waals surface area contributed by atoms with Gasteiger partial charge < -0.3 is 24.7 Å². The van der Waals surface area contributed by atoms with Crippen molar-refractivity contribution in [2.24, 2.45) is 0 Å². The summed E-state index contributed by atoms with van der Waals surface area (Å²) in [5.74, 6) is -1.87. The fourth-order valence-corrected chi connectivity index (χ4v) is 3.02. The van der Waals surface area contributed by atoms with Gasteiger partial charge in [0, 0.05) is 5.69 Å². The van der Waals surface area contributed by atoms with Crippen molar-refractivity contribution >= 4 is 11.7 Å². The number of piperazine rings is 1. The minimum atomic E-state index is -1.58. The van der Waals surface area contributed by atoms with Gasteiger partial charge in [-0.1, -0.05) is 0 Å². The molecule has 0 aliphatic carbocycles. The first kappa shape index (κ1) is 16.9. The highest BCUT2D eigenvalue weighted by molar-refractivity contribution is 5.84. The first-order valence-electron chi connectivity index (χ1n) is 7.85. The fraction of sp³-hybridized carbons (Fsp3) is 0.312. The summed E-state index contributed by atoms with van der Waals surface area (Å²) in [6.45, 7) is 2.88. The fourth-order valence-electron chi connectivity index (χ4n) is 3.02. The van der Waals surface area contributed by atoms with Gasteiger partial charge in [0.1, 0.15) is 12.4 Å². The molecule has 1 aromatic carbocycles. The number of carbonyl (C=O) groups is 1. The van der Waals surface area contributed by atoms with Gasteiger partial charge in [-0.05, 0) is 24.3 Å². The number of aromatic amines is 2. The molecule has 1 aromatic heterocycles. The van der Waals surface area contributed by atoms with Crippen molar-refractivity contribution < 1.29 is 19.2 Å². The molecule has 0 amide bonds. The van der Waals surface area contributed by atoms with Gasteiger partial charge in [-0.25, -0.2) is 9.18 Å². The molecule has 0 radical (unpaired) electrons. The Morgan fingerprint density at radius 3 is 2.40 bits per heavy atom. The number of carboxylic acids is 1. The molecule has 9 heteroatoms. The van der Waals surface area contributed by atoms with Crippen molar-refractivity contribution in [3.05, 3.63) is 62.2 Å². The average molecular weight is 348 g/mol. The predicted molar refractivity (Wildman–Crippen MR) is 85.0 cm³/mol. The number of aromatic nitrogens is 2. The third-order valence-electron chi connectivity index (χ3n) is 4.33. The molecule has 0 unspecified atom stereocenters. The zero-order valence-corrected chi connectivity index (χ0v) is 13.3. The SMILES string of the molecule is O=C([O-])c1[nH]c(=O)[nH]c(=O)c1C[NH+]1CCN(c2ccc(F)cc2)CC1. The first-order valence-corrected chi connectivity index (χ1v) is 7.85. The van der Waals surface area contributed by atoms with Crippen LogP contribution in [0.1, 0.15) is 16.1 Å². The number of hydrogen-bond acceptors (Lipinski definition) is 5. The number of carboxylic acid groups (broad SMARTS) is 1. The summed E-state index contributed by atoms with van der Waals surface area (Å²) in [6, 6.07) is 6.23. The minimum Gasteiger partial charge on any atom is -0.543 e. The van der Waals surface area contributed by atoms with Crippen LogP contribution in [0.3, 0.4) is 0 Å². The van der Waals surface area contributed by atoms with Gasteiger partial charge >= 0.3 is 5.69 Å². The molecule has 3 rings (SSSR count). The number of anilines is 1. The second kappa shape index (κ2) is 6.89. The Labute approximate surface area is 141 Å². The minimum absolute atomic E-state index is 0.00447. The van der Waals surface area contributed by atoms with E-state index in [9.17, 15) is 23.9 Å². The maximum atomic E-state index is 13.0. The van der Waals surface area contributed by atoms with Crippen LogP contribution in [0.15, 0.2) is 33.9 Å². The van der Waals surface area contributed by atoms with Crippen LogP contribution in [0.4, 0.5) is 10.1 Å². The zero-order valence-electron chi connectivity index (χ0n) is 13.3. The van der Waals surface area contributed by atoms with Crippen molar-refractivity contribution in [1.29, 1.82) is 0 Å². The normalized spacial score (nSPS) is 15.3. The Kier molecular flexibility index (Phi) is 4.66. The molecule has 1 saturated heterocycles. The summed E-state index contributed by atoms with van der Waals surface area (Å²) in [5, 5.41) is 11.2. The number of rotatable bonds is 4. The van der Waals surface area contributed by atoms with Crippen molar-refractivity contribution in [3.8, 4) is 0 Å². The van der Waals surface area contributed by atoms with E-state index in [0.29, 0.717) is 26.2 Å². The molecule has 8 nitrogen and oxygen atoms in total. The third kappa shape index (κ3) is 3.77. The van der Waals surface area contributed by atoms with Crippen LogP contribution in [0.2, 0.25) is 0 Å². The van der Waals surface area contributed by atoms with Gasteiger partial charge in [-0.3, -0.25) is 9.78 Å². The lowest BCUT2D eigenvalue weighted by Gasteiger charge is -2.33. The van der Waals surface area contributed by atoms with Gasteiger partial charge in [0.25, 0.3) is 5.56 Å². The molecule has 2 heterocycles. The van der Waals surface area contributed by atoms with E-state index in [1.807, 2.05) is 4.98 Å². The molecule has 0 bridgehead atoms. The van der Waals surface area contributed by atoms with E-state index in [-0.39, 0.29) is 17.9 Å². The highest BCUT2D eigenvalue weighted by Gasteiger charge is 2.23. The smallest absolute Gasteiger partial charge is 0.326 e. The number of benzene rings is 1. The standard InChI is InChI=1S/C16H17FN4O4/c17-10-1-3-11(4-2-10)21-7-5-20(6-8-21)9-12-13(15(23)24)18-16(25)19-14(12)22/h1-4H,5-9H2,(H,23,24)(H2,18,19,22,25). The van der Waals surface area contributed by atoms with Crippen molar-refractivity contribution in [3.63, 3.8) is 0 Å². The van der Waals surface area contributed by atoms with Crippen molar-refractivity contribution in [1.82, 2.24) is 9.97 Å². The Hall–Kier alpha value is -2.94. The van der Waals surface area contributed by atoms with E-state index in [0.717, 1.165) is 10.6 Å². The largest absolute Gasteiger partial charge is 0.543 e. The van der Waals surface area contributed by atoms with Gasteiger partial charge in [-0.2, -0.15) is 0 Å². The zero-order chi connectivity index (χ0) is 18.0. The predicted octanol–water partition coefficient (Wildman–Crippen LogP) is -2.53. The van der Waals surface area contributed by atoms with Gasteiger partial charge in [0.05, 0.1) is 43.4 Å². The third-order valence-corrected chi connectivity index (χ3v) is 4.33. The van der Waals surface area contributed by atoms with E-state index in [1.54, 1.807) is 12.1 Å². The Morgan fingerprint density at radius 2 is 1.80 bits per heavy atom. The van der Waals surface area contributed by atoms with E-state index in [1.165, 1.54) is 12.1 Å². The lowest BCUT2D eigenvalue weighted by molar-refractivity contribution is -0.914. The molecule has 132 valence electrons. The summed E-state index contributed by atoms with van der Waals surface area (Å²) in [7, 11) is 0. The number of halogens is 1. The molecule has 3 N–H and O–H groups in total. The van der Waals surface area contributed by atoms with Gasteiger partial charge in [0.2, 0.25) is 0 Å². The van der Waals surface area contributed by atoms with Crippen LogP contribution in [0, 0.1) is 5.82 Å². The van der Waals surface area contributed by atoms with Crippen LogP contribution in [0.5, 0.6) is 0 Å². The van der Waals surface area contributed by atoms with Crippen LogP contribution < -0.4 is 26.2 Å². The number of carbonyl (C=O) groups excluding carboxylic acids is 1. The first-order chi connectivity index (χ1) is 11.9. The number of quaternary nitrogens is 1. The molecule has 0 atom stereocenters. The molecular formula is C16H17FN4O4. The molecule has 25 heavy (non-hydrogen) atoms. The van der Waals surface area contributed by atoms with E-state index >= 15 is 0 Å². The molecule has 2 aromatic rings. The molecule has 0 saturated carbocycles. The van der Waals surface area contributed by atoms with E-state index in [2.05, 4.69) is 9.88 Å². The monoisotopic (exact) mass is 348 g/mol. The Morgan fingerprint density at radius 1 is 1.16 bits per heavy atom. The van der Waals surface area contributed by atoms with Crippen LogP contribution in [-0.4, -0.2) is 42.1 Å². The van der Waals surface area contributed by atoms with Gasteiger partial charge in [0.15, 0.2) is 0 Å². The molecule has 1 aliphatic rings. The lowest BCUT2D eigenvalue weighted by Crippen LogP contribution is -3.13. The summed E-state index contributed by atoms with van der Waals surface area (Å²) in [6.07, 6.45) is 0. The number of aromatic carboxylic acids is 1. The summed E-state index contributed by atoms with van der Waals surface area (Å²) in [4.78, 5) is 41.6. The Bertz CT molecular complexity index is 882. The summed E-state index contributed by atoms with van der Waals surface area (Å²) >= 11 is 0.